The van der Waals surface area contributed by atoms with Gasteiger partial charge in [-0.05, 0) is 24.3 Å². The second kappa shape index (κ2) is 4.18. The van der Waals surface area contributed by atoms with E-state index in [0.717, 1.165) is 12.1 Å². The Balaban J connectivity index is 2.65. The first-order valence-corrected chi connectivity index (χ1v) is 3.88. The molecule has 1 N–H and O–H groups in total. The lowest BCUT2D eigenvalue weighted by molar-refractivity contribution is -0.118. The Morgan fingerprint density at radius 1 is 1.38 bits per heavy atom. The van der Waals surface area contributed by atoms with Gasteiger partial charge in [0.1, 0.15) is 5.82 Å². The molecule has 0 aliphatic heterocycles. The summed E-state index contributed by atoms with van der Waals surface area (Å²) in [6, 6.07) is 4.92. The van der Waals surface area contributed by atoms with Gasteiger partial charge < -0.3 is 5.32 Å². The molecule has 1 rings (SSSR count). The van der Waals surface area contributed by atoms with E-state index in [-0.39, 0.29) is 0 Å². The molecule has 0 aliphatic carbocycles. The van der Waals surface area contributed by atoms with E-state index in [1.165, 1.54) is 12.1 Å². The fourth-order valence-electron chi connectivity index (χ4n) is 0.730. The van der Waals surface area contributed by atoms with E-state index < -0.39 is 17.4 Å². The minimum Gasteiger partial charge on any atom is -0.322 e. The summed E-state index contributed by atoms with van der Waals surface area (Å²) < 4.78 is 24.5. The summed E-state index contributed by atoms with van der Waals surface area (Å²) >= 11 is 4.86. The zero-order chi connectivity index (χ0) is 9.84. The number of halogens is 3. The third-order valence-corrected chi connectivity index (χ3v) is 1.51. The molecule has 0 fully saturated rings. The van der Waals surface area contributed by atoms with Gasteiger partial charge in [-0.2, -0.15) is 0 Å². The molecule has 1 unspecified atom stereocenters. The standard InChI is InChI=1S/C8H6ClF2NO/c9-7(11)8(13)12-6-3-1-5(10)2-4-6/h1-4,7H,(H,12,13). The number of hydrogen-bond donors (Lipinski definition) is 1. The van der Waals surface area contributed by atoms with Crippen molar-refractivity contribution in [3.05, 3.63) is 30.1 Å². The van der Waals surface area contributed by atoms with Gasteiger partial charge in [0.05, 0.1) is 0 Å². The highest BCUT2D eigenvalue weighted by Gasteiger charge is 2.12. The Bertz CT molecular complexity index is 300. The predicted octanol–water partition coefficient (Wildman–Crippen LogP) is 2.30. The number of benzene rings is 1. The van der Waals surface area contributed by atoms with Crippen LogP contribution >= 0.6 is 11.6 Å². The lowest BCUT2D eigenvalue weighted by Gasteiger charge is -2.03. The monoisotopic (exact) mass is 205 g/mol. The highest BCUT2D eigenvalue weighted by atomic mass is 35.5. The molecular formula is C8H6ClF2NO. The van der Waals surface area contributed by atoms with Crippen molar-refractivity contribution < 1.29 is 13.6 Å². The molecule has 2 nitrogen and oxygen atoms in total. The summed E-state index contributed by atoms with van der Waals surface area (Å²) in [6.07, 6.45) is 0. The molecule has 0 saturated heterocycles. The van der Waals surface area contributed by atoms with E-state index in [4.69, 9.17) is 11.6 Å². The van der Waals surface area contributed by atoms with Gasteiger partial charge in [0.25, 0.3) is 11.5 Å². The summed E-state index contributed by atoms with van der Waals surface area (Å²) in [5.41, 5.74) is -1.79. The summed E-state index contributed by atoms with van der Waals surface area (Å²) in [4.78, 5) is 10.7. The van der Waals surface area contributed by atoms with Crippen molar-refractivity contribution in [1.29, 1.82) is 0 Å². The minimum atomic E-state index is -2.09. The van der Waals surface area contributed by atoms with Crippen LogP contribution in [-0.2, 0) is 4.79 Å². The molecular weight excluding hydrogens is 200 g/mol. The zero-order valence-corrected chi connectivity index (χ0v) is 7.18. The van der Waals surface area contributed by atoms with Gasteiger partial charge in [-0.3, -0.25) is 4.79 Å². The minimum absolute atomic E-state index is 0.301. The topological polar surface area (TPSA) is 29.1 Å². The highest BCUT2D eigenvalue weighted by molar-refractivity contribution is 6.31. The van der Waals surface area contributed by atoms with Gasteiger partial charge in [-0.15, -0.1) is 0 Å². The molecule has 5 heteroatoms. The molecule has 0 aromatic heterocycles. The van der Waals surface area contributed by atoms with Gasteiger partial charge in [0.15, 0.2) is 0 Å². The molecule has 0 spiro atoms. The third kappa shape index (κ3) is 2.99. The van der Waals surface area contributed by atoms with E-state index in [1.54, 1.807) is 0 Å². The van der Waals surface area contributed by atoms with Crippen LogP contribution in [0.2, 0.25) is 0 Å². The Hall–Kier alpha value is -1.16. The first-order chi connectivity index (χ1) is 6.09. The number of hydrogen-bond acceptors (Lipinski definition) is 1. The Labute approximate surface area is 78.5 Å². The normalized spacial score (nSPS) is 12.2. The van der Waals surface area contributed by atoms with E-state index in [0.29, 0.717) is 5.69 Å². The lowest BCUT2D eigenvalue weighted by atomic mass is 10.3. The Morgan fingerprint density at radius 2 is 1.92 bits per heavy atom. The fraction of sp³-hybridized carbons (Fsp3) is 0.125. The molecule has 0 bridgehead atoms. The Morgan fingerprint density at radius 3 is 2.38 bits per heavy atom. The Kier molecular flexibility index (Phi) is 3.19. The molecule has 1 amide bonds. The fourth-order valence-corrected chi connectivity index (χ4v) is 0.785. The van der Waals surface area contributed by atoms with Crippen LogP contribution in [0.3, 0.4) is 0 Å². The van der Waals surface area contributed by atoms with Gasteiger partial charge in [0.2, 0.25) is 0 Å². The second-order valence-electron chi connectivity index (χ2n) is 2.30. The SMILES string of the molecule is O=C(Nc1ccc(F)cc1)C(F)Cl. The number of rotatable bonds is 2. The lowest BCUT2D eigenvalue weighted by Crippen LogP contribution is -2.19. The van der Waals surface area contributed by atoms with Crippen LogP contribution in [0.1, 0.15) is 0 Å². The maximum Gasteiger partial charge on any atom is 0.274 e. The molecule has 0 heterocycles. The molecule has 1 atom stereocenters. The van der Waals surface area contributed by atoms with Crippen LogP contribution in [-0.4, -0.2) is 11.5 Å². The number of carbonyl (C=O) groups is 1. The number of alkyl halides is 2. The van der Waals surface area contributed by atoms with Crippen molar-refractivity contribution in [2.75, 3.05) is 5.32 Å². The molecule has 1 aromatic carbocycles. The third-order valence-electron chi connectivity index (χ3n) is 1.31. The molecule has 0 aliphatic rings. The van der Waals surface area contributed by atoms with Crippen molar-refractivity contribution in [3.8, 4) is 0 Å². The quantitative estimate of drug-likeness (QED) is 0.738. The van der Waals surface area contributed by atoms with Crippen molar-refractivity contribution in [1.82, 2.24) is 0 Å². The summed E-state index contributed by atoms with van der Waals surface area (Å²) in [5.74, 6) is -1.39. The predicted molar refractivity (Wildman–Crippen MR) is 45.8 cm³/mol. The van der Waals surface area contributed by atoms with Crippen LogP contribution in [0, 0.1) is 5.82 Å². The second-order valence-corrected chi connectivity index (χ2v) is 2.68. The van der Waals surface area contributed by atoms with E-state index >= 15 is 0 Å². The van der Waals surface area contributed by atoms with Crippen molar-refractivity contribution in [2.45, 2.75) is 5.63 Å². The van der Waals surface area contributed by atoms with Gasteiger partial charge >= 0.3 is 0 Å². The zero-order valence-electron chi connectivity index (χ0n) is 6.43. The van der Waals surface area contributed by atoms with Crippen LogP contribution < -0.4 is 5.32 Å². The van der Waals surface area contributed by atoms with Gasteiger partial charge in [-0.25, -0.2) is 8.78 Å². The van der Waals surface area contributed by atoms with E-state index in [1.807, 2.05) is 0 Å². The largest absolute Gasteiger partial charge is 0.322 e. The number of nitrogens with one attached hydrogen (secondary N) is 1. The van der Waals surface area contributed by atoms with E-state index in [9.17, 15) is 13.6 Å². The van der Waals surface area contributed by atoms with E-state index in [2.05, 4.69) is 5.32 Å². The first-order valence-electron chi connectivity index (χ1n) is 3.44. The molecule has 0 saturated carbocycles. The van der Waals surface area contributed by atoms with Gasteiger partial charge in [-0.1, -0.05) is 11.6 Å². The maximum atomic E-state index is 12.4. The average Bonchev–Trinajstić information content (AvgIpc) is 2.08. The van der Waals surface area contributed by atoms with Crippen LogP contribution in [0.25, 0.3) is 0 Å². The molecule has 0 radical (unpaired) electrons. The molecule has 1 aromatic rings. The van der Waals surface area contributed by atoms with Crippen molar-refractivity contribution >= 4 is 23.2 Å². The summed E-state index contributed by atoms with van der Waals surface area (Å²) in [5, 5.41) is 2.16. The number of amides is 1. The highest BCUT2D eigenvalue weighted by Crippen LogP contribution is 2.09. The van der Waals surface area contributed by atoms with Crippen LogP contribution in [0.4, 0.5) is 14.5 Å². The first kappa shape index (κ1) is 9.92. The molecule has 13 heavy (non-hydrogen) atoms. The van der Waals surface area contributed by atoms with Crippen molar-refractivity contribution in [3.63, 3.8) is 0 Å². The molecule has 70 valence electrons. The number of carbonyl (C=O) groups excluding carboxylic acids is 1. The maximum absolute atomic E-state index is 12.4. The average molecular weight is 206 g/mol. The van der Waals surface area contributed by atoms with Crippen LogP contribution in [0.5, 0.6) is 0 Å². The van der Waals surface area contributed by atoms with Crippen LogP contribution in [0.15, 0.2) is 24.3 Å². The smallest absolute Gasteiger partial charge is 0.274 e. The number of anilines is 1. The van der Waals surface area contributed by atoms with Gasteiger partial charge in [0, 0.05) is 5.69 Å². The summed E-state index contributed by atoms with van der Waals surface area (Å²) in [6.45, 7) is 0. The van der Waals surface area contributed by atoms with Crippen molar-refractivity contribution in [2.24, 2.45) is 0 Å². The summed E-state index contributed by atoms with van der Waals surface area (Å²) in [7, 11) is 0.